The Kier molecular flexibility index (Phi) is 3.53. The molecule has 0 bridgehead atoms. The lowest BCUT2D eigenvalue weighted by Gasteiger charge is -1.93. The molecule has 0 aromatic heterocycles. The van der Waals surface area contributed by atoms with Crippen LogP contribution in [0.4, 0.5) is 0 Å². The normalized spacial score (nSPS) is 12.1. The Morgan fingerprint density at radius 1 is 1.23 bits per heavy atom. The Hall–Kier alpha value is -0.780. The highest BCUT2D eigenvalue weighted by Gasteiger charge is 1.98. The highest BCUT2D eigenvalue weighted by atomic mass is 32.3. The molecule has 0 saturated carbocycles. The predicted molar refractivity (Wildman–Crippen MR) is 56.5 cm³/mol. The molecule has 13 heavy (non-hydrogen) atoms. The summed E-state index contributed by atoms with van der Waals surface area (Å²) in [6, 6.07) is 9.15. The van der Waals surface area contributed by atoms with Gasteiger partial charge in [0.15, 0.2) is 0 Å². The first-order valence-corrected chi connectivity index (χ1v) is 5.52. The summed E-state index contributed by atoms with van der Waals surface area (Å²) >= 11 is 3.46. The van der Waals surface area contributed by atoms with Crippen LogP contribution in [0.25, 0.3) is 6.08 Å². The summed E-state index contributed by atoms with van der Waals surface area (Å²) in [7, 11) is -3.38. The maximum absolute atomic E-state index is 10.9. The minimum Gasteiger partial charge on any atom is -0.207 e. The standard InChI is InChI=1S/C8H9NO2S2/c10-13(11,9-12)7-6-8-4-2-1-3-5-8/h1-7,9,12H. The van der Waals surface area contributed by atoms with E-state index in [2.05, 4.69) is 12.8 Å². The Balaban J connectivity index is 2.82. The van der Waals surface area contributed by atoms with E-state index in [0.29, 0.717) is 0 Å². The zero-order valence-corrected chi connectivity index (χ0v) is 8.42. The zero-order chi connectivity index (χ0) is 9.73. The largest absolute Gasteiger partial charge is 0.242 e. The molecule has 1 rings (SSSR count). The van der Waals surface area contributed by atoms with Crippen molar-refractivity contribution in [3.8, 4) is 0 Å². The van der Waals surface area contributed by atoms with Crippen molar-refractivity contribution in [2.75, 3.05) is 0 Å². The second-order valence-corrected chi connectivity index (χ2v) is 4.44. The van der Waals surface area contributed by atoms with E-state index in [0.717, 1.165) is 11.0 Å². The van der Waals surface area contributed by atoms with Gasteiger partial charge in [-0.3, -0.25) is 0 Å². The molecular weight excluding hydrogens is 206 g/mol. The van der Waals surface area contributed by atoms with E-state index in [9.17, 15) is 8.42 Å². The molecule has 0 atom stereocenters. The third-order valence-corrected chi connectivity index (χ3v) is 2.88. The summed E-state index contributed by atoms with van der Waals surface area (Å²) in [6.07, 6.45) is 1.50. The molecule has 0 aliphatic heterocycles. The van der Waals surface area contributed by atoms with Crippen LogP contribution in [0, 0.1) is 0 Å². The van der Waals surface area contributed by atoms with Crippen LogP contribution in [0.3, 0.4) is 0 Å². The number of hydrogen-bond acceptors (Lipinski definition) is 3. The molecule has 0 fully saturated rings. The van der Waals surface area contributed by atoms with Gasteiger partial charge in [0.1, 0.15) is 0 Å². The fraction of sp³-hybridized carbons (Fsp3) is 0. The Morgan fingerprint density at radius 2 is 1.85 bits per heavy atom. The summed E-state index contributed by atoms with van der Waals surface area (Å²) in [5.74, 6) is 0. The lowest BCUT2D eigenvalue weighted by atomic mass is 10.2. The van der Waals surface area contributed by atoms with Gasteiger partial charge in [0, 0.05) is 5.41 Å². The van der Waals surface area contributed by atoms with E-state index in [-0.39, 0.29) is 0 Å². The Labute approximate surface area is 83.1 Å². The number of hydrogen-bond donors (Lipinski definition) is 2. The molecule has 1 N–H and O–H groups in total. The summed E-state index contributed by atoms with van der Waals surface area (Å²) in [6.45, 7) is 0. The zero-order valence-electron chi connectivity index (χ0n) is 6.71. The fourth-order valence-electron chi connectivity index (χ4n) is 0.763. The van der Waals surface area contributed by atoms with Gasteiger partial charge in [0.2, 0.25) is 10.0 Å². The number of benzene rings is 1. The SMILES string of the molecule is O=S(=O)(C=Cc1ccccc1)NS. The Bertz CT molecular complexity index is 384. The maximum atomic E-state index is 10.9. The van der Waals surface area contributed by atoms with Gasteiger partial charge < -0.3 is 0 Å². The van der Waals surface area contributed by atoms with E-state index in [1.54, 1.807) is 0 Å². The van der Waals surface area contributed by atoms with Crippen molar-refractivity contribution in [1.29, 1.82) is 0 Å². The molecule has 0 amide bonds. The van der Waals surface area contributed by atoms with Gasteiger partial charge in [-0.15, -0.1) is 0 Å². The number of rotatable bonds is 3. The molecule has 1 aromatic rings. The first-order chi connectivity index (χ1) is 6.14. The first-order valence-electron chi connectivity index (χ1n) is 3.53. The number of sulfonamides is 1. The molecule has 0 saturated heterocycles. The summed E-state index contributed by atoms with van der Waals surface area (Å²) in [5, 5.41) is 1.06. The quantitative estimate of drug-likeness (QED) is 0.749. The highest BCUT2D eigenvalue weighted by molar-refractivity contribution is 8.02. The van der Waals surface area contributed by atoms with Gasteiger partial charge in [0.05, 0.1) is 0 Å². The highest BCUT2D eigenvalue weighted by Crippen LogP contribution is 2.02. The van der Waals surface area contributed by atoms with Crippen LogP contribution < -0.4 is 4.13 Å². The summed E-state index contributed by atoms with van der Waals surface area (Å²) < 4.78 is 23.7. The van der Waals surface area contributed by atoms with Gasteiger partial charge in [-0.25, -0.2) is 8.42 Å². The smallest absolute Gasteiger partial charge is 0.207 e. The van der Waals surface area contributed by atoms with Gasteiger partial charge in [-0.1, -0.05) is 43.1 Å². The average molecular weight is 215 g/mol. The number of thiol groups is 1. The lowest BCUT2D eigenvalue weighted by Crippen LogP contribution is -2.08. The van der Waals surface area contributed by atoms with Gasteiger partial charge in [-0.2, -0.15) is 4.13 Å². The van der Waals surface area contributed by atoms with E-state index in [4.69, 9.17) is 0 Å². The maximum Gasteiger partial charge on any atom is 0.242 e. The minimum atomic E-state index is -3.38. The van der Waals surface area contributed by atoms with E-state index in [1.165, 1.54) is 6.08 Å². The molecule has 0 aliphatic rings. The molecule has 0 aliphatic carbocycles. The second kappa shape index (κ2) is 4.45. The molecule has 0 heterocycles. The van der Waals surface area contributed by atoms with Crippen molar-refractivity contribution in [1.82, 2.24) is 4.13 Å². The van der Waals surface area contributed by atoms with Crippen molar-refractivity contribution >= 4 is 28.9 Å². The van der Waals surface area contributed by atoms with Crippen LogP contribution in [0.5, 0.6) is 0 Å². The monoisotopic (exact) mass is 215 g/mol. The third kappa shape index (κ3) is 3.63. The molecule has 0 spiro atoms. The Morgan fingerprint density at radius 3 is 2.38 bits per heavy atom. The molecule has 70 valence electrons. The number of nitrogens with one attached hydrogen (secondary N) is 1. The van der Waals surface area contributed by atoms with Crippen LogP contribution in [0.2, 0.25) is 0 Å². The van der Waals surface area contributed by atoms with Crippen molar-refractivity contribution in [3.63, 3.8) is 0 Å². The molecular formula is C8H9NO2S2. The molecule has 0 unspecified atom stereocenters. The topological polar surface area (TPSA) is 46.2 Å². The summed E-state index contributed by atoms with van der Waals surface area (Å²) in [4.78, 5) is 0. The van der Waals surface area contributed by atoms with Crippen molar-refractivity contribution in [2.45, 2.75) is 0 Å². The van der Waals surface area contributed by atoms with Crippen LogP contribution in [0.15, 0.2) is 35.7 Å². The molecule has 3 nitrogen and oxygen atoms in total. The molecule has 0 radical (unpaired) electrons. The minimum absolute atomic E-state index is 0.828. The van der Waals surface area contributed by atoms with Crippen LogP contribution in [-0.2, 0) is 10.0 Å². The summed E-state index contributed by atoms with van der Waals surface area (Å²) in [5.41, 5.74) is 0.828. The molecule has 1 aromatic carbocycles. The van der Waals surface area contributed by atoms with Crippen molar-refractivity contribution in [2.24, 2.45) is 0 Å². The van der Waals surface area contributed by atoms with Gasteiger partial charge in [-0.05, 0) is 11.6 Å². The van der Waals surface area contributed by atoms with Gasteiger partial charge in [0.25, 0.3) is 0 Å². The predicted octanol–water partition coefficient (Wildman–Crippen LogP) is 1.42. The van der Waals surface area contributed by atoms with Crippen molar-refractivity contribution < 1.29 is 8.42 Å². The van der Waals surface area contributed by atoms with Crippen molar-refractivity contribution in [3.05, 3.63) is 41.3 Å². The van der Waals surface area contributed by atoms with E-state index >= 15 is 0 Å². The van der Waals surface area contributed by atoms with Crippen LogP contribution in [-0.4, -0.2) is 8.42 Å². The first kappa shape index (κ1) is 10.3. The lowest BCUT2D eigenvalue weighted by molar-refractivity contribution is 0.603. The van der Waals surface area contributed by atoms with E-state index < -0.39 is 10.0 Å². The van der Waals surface area contributed by atoms with Crippen LogP contribution >= 0.6 is 12.8 Å². The fourth-order valence-corrected chi connectivity index (χ4v) is 1.34. The average Bonchev–Trinajstić information content (AvgIpc) is 2.17. The van der Waals surface area contributed by atoms with Crippen LogP contribution in [0.1, 0.15) is 5.56 Å². The second-order valence-electron chi connectivity index (χ2n) is 2.35. The van der Waals surface area contributed by atoms with Gasteiger partial charge >= 0.3 is 0 Å². The molecule has 5 heteroatoms. The van der Waals surface area contributed by atoms with E-state index in [1.807, 2.05) is 34.5 Å². The third-order valence-electron chi connectivity index (χ3n) is 1.37.